The molecule has 0 unspecified atom stereocenters. The quantitative estimate of drug-likeness (QED) is 0.386. The summed E-state index contributed by atoms with van der Waals surface area (Å²) in [6, 6.07) is 21.6. The van der Waals surface area contributed by atoms with Crippen LogP contribution in [0.3, 0.4) is 0 Å². The van der Waals surface area contributed by atoms with Gasteiger partial charge < -0.3 is 0 Å². The van der Waals surface area contributed by atoms with Gasteiger partial charge in [-0.15, -0.1) is 0 Å². The first-order valence-corrected chi connectivity index (χ1v) is 7.29. The number of benzene rings is 3. The average Bonchev–Trinajstić information content (AvgIpc) is 2.55. The molecule has 4 aromatic rings. The molecule has 0 saturated carbocycles. The first-order chi connectivity index (χ1) is 10.4. The molecule has 0 atom stereocenters. The summed E-state index contributed by atoms with van der Waals surface area (Å²) >= 11 is 0. The van der Waals surface area contributed by atoms with Crippen LogP contribution >= 0.6 is 0 Å². The molecule has 0 radical (unpaired) electrons. The standard InChI is InChI=1S/C20H13N/c1-2-10-19-15(8-1)17-11-14-7-3-5-13-6-4-9-16(20(13)14)18(17)12-21-19/h1-10,12H,11H2. The Bertz CT molecular complexity index is 1010. The van der Waals surface area contributed by atoms with E-state index in [1.54, 1.807) is 0 Å². The van der Waals surface area contributed by atoms with Gasteiger partial charge in [-0.05, 0) is 39.9 Å². The molecule has 0 fully saturated rings. The van der Waals surface area contributed by atoms with E-state index in [-0.39, 0.29) is 0 Å². The van der Waals surface area contributed by atoms with Gasteiger partial charge in [0.1, 0.15) is 0 Å². The predicted octanol–water partition coefficient (Wildman–Crippen LogP) is 4.96. The molecule has 21 heavy (non-hydrogen) atoms. The SMILES string of the molecule is c1cc2c3c(cccc3c1)-c1cnc3ccccc3c1C2. The summed E-state index contributed by atoms with van der Waals surface area (Å²) in [6.45, 7) is 0. The number of para-hydroxylation sites is 1. The zero-order valence-electron chi connectivity index (χ0n) is 11.5. The zero-order valence-corrected chi connectivity index (χ0v) is 11.5. The predicted molar refractivity (Wildman–Crippen MR) is 87.5 cm³/mol. The fourth-order valence-corrected chi connectivity index (χ4v) is 3.60. The van der Waals surface area contributed by atoms with Gasteiger partial charge >= 0.3 is 0 Å². The van der Waals surface area contributed by atoms with E-state index in [4.69, 9.17) is 0 Å². The second kappa shape index (κ2) is 3.92. The number of hydrogen-bond acceptors (Lipinski definition) is 1. The van der Waals surface area contributed by atoms with Crippen molar-refractivity contribution >= 4 is 21.7 Å². The van der Waals surface area contributed by atoms with Crippen molar-refractivity contribution in [3.8, 4) is 11.1 Å². The second-order valence-corrected chi connectivity index (χ2v) is 5.67. The summed E-state index contributed by atoms with van der Waals surface area (Å²) in [6.07, 6.45) is 3.04. The molecule has 1 heterocycles. The molecule has 1 aliphatic rings. The second-order valence-electron chi connectivity index (χ2n) is 5.67. The molecule has 1 nitrogen and oxygen atoms in total. The Hall–Kier alpha value is -2.67. The number of hydrogen-bond donors (Lipinski definition) is 0. The molecule has 0 spiro atoms. The highest BCUT2D eigenvalue weighted by Gasteiger charge is 2.19. The molecule has 0 N–H and O–H groups in total. The first kappa shape index (κ1) is 11.0. The topological polar surface area (TPSA) is 12.9 Å². The fraction of sp³-hybridized carbons (Fsp3) is 0.0500. The van der Waals surface area contributed by atoms with Crippen LogP contribution in [0.25, 0.3) is 32.8 Å². The molecule has 1 aliphatic carbocycles. The molecule has 0 aliphatic heterocycles. The molecular formula is C20H13N. The van der Waals surface area contributed by atoms with Crippen LogP contribution in [-0.4, -0.2) is 4.98 Å². The van der Waals surface area contributed by atoms with Gasteiger partial charge in [-0.2, -0.15) is 0 Å². The smallest absolute Gasteiger partial charge is 0.0705 e. The lowest BCUT2D eigenvalue weighted by Gasteiger charge is -2.21. The summed E-state index contributed by atoms with van der Waals surface area (Å²) in [7, 11) is 0. The van der Waals surface area contributed by atoms with E-state index in [9.17, 15) is 0 Å². The average molecular weight is 267 g/mol. The summed E-state index contributed by atoms with van der Waals surface area (Å²) in [5, 5.41) is 4.00. The van der Waals surface area contributed by atoms with Crippen LogP contribution in [0.2, 0.25) is 0 Å². The first-order valence-electron chi connectivity index (χ1n) is 7.29. The molecule has 1 heteroatoms. The molecule has 3 aromatic carbocycles. The van der Waals surface area contributed by atoms with Crippen molar-refractivity contribution in [1.82, 2.24) is 4.98 Å². The highest BCUT2D eigenvalue weighted by Crippen LogP contribution is 2.41. The maximum Gasteiger partial charge on any atom is 0.0705 e. The number of fused-ring (bicyclic) bond motifs is 4. The van der Waals surface area contributed by atoms with Crippen molar-refractivity contribution in [3.63, 3.8) is 0 Å². The van der Waals surface area contributed by atoms with E-state index in [0.29, 0.717) is 0 Å². The van der Waals surface area contributed by atoms with Gasteiger partial charge in [-0.25, -0.2) is 0 Å². The van der Waals surface area contributed by atoms with E-state index in [1.807, 2.05) is 6.20 Å². The van der Waals surface area contributed by atoms with E-state index in [0.717, 1.165) is 11.9 Å². The highest BCUT2D eigenvalue weighted by molar-refractivity contribution is 6.04. The number of aromatic nitrogens is 1. The fourth-order valence-electron chi connectivity index (χ4n) is 3.60. The Morgan fingerprint density at radius 3 is 2.57 bits per heavy atom. The highest BCUT2D eigenvalue weighted by atomic mass is 14.7. The van der Waals surface area contributed by atoms with Gasteiger partial charge in [0.2, 0.25) is 0 Å². The van der Waals surface area contributed by atoms with Gasteiger partial charge in [0, 0.05) is 17.1 Å². The van der Waals surface area contributed by atoms with Gasteiger partial charge in [-0.1, -0.05) is 54.6 Å². The lowest BCUT2D eigenvalue weighted by molar-refractivity contribution is 1.20. The minimum absolute atomic E-state index is 0.993. The number of nitrogens with zero attached hydrogens (tertiary/aromatic N) is 1. The van der Waals surface area contributed by atoms with E-state index < -0.39 is 0 Å². The van der Waals surface area contributed by atoms with Gasteiger partial charge in [0.05, 0.1) is 5.52 Å². The van der Waals surface area contributed by atoms with Crippen LogP contribution in [0.4, 0.5) is 0 Å². The molecular weight excluding hydrogens is 254 g/mol. The third-order valence-electron chi connectivity index (χ3n) is 4.54. The molecule has 1 aromatic heterocycles. The minimum atomic E-state index is 0.993. The Kier molecular flexibility index (Phi) is 2.06. The van der Waals surface area contributed by atoms with Crippen molar-refractivity contribution in [3.05, 3.63) is 78.0 Å². The van der Waals surface area contributed by atoms with Crippen LogP contribution in [0.5, 0.6) is 0 Å². The van der Waals surface area contributed by atoms with Crippen molar-refractivity contribution < 1.29 is 0 Å². The van der Waals surface area contributed by atoms with Crippen LogP contribution in [-0.2, 0) is 6.42 Å². The maximum absolute atomic E-state index is 4.65. The summed E-state index contributed by atoms with van der Waals surface area (Å²) < 4.78 is 0. The molecule has 0 saturated heterocycles. The summed E-state index contributed by atoms with van der Waals surface area (Å²) in [4.78, 5) is 4.65. The molecule has 98 valence electrons. The van der Waals surface area contributed by atoms with E-state index in [2.05, 4.69) is 65.6 Å². The van der Waals surface area contributed by atoms with Gasteiger partial charge in [0.25, 0.3) is 0 Å². The largest absolute Gasteiger partial charge is 0.256 e. The van der Waals surface area contributed by atoms with Gasteiger partial charge in [-0.3, -0.25) is 4.98 Å². The summed E-state index contributed by atoms with van der Waals surface area (Å²) in [5.74, 6) is 0. The Labute approximate surface area is 122 Å². The number of pyridine rings is 1. The van der Waals surface area contributed by atoms with Crippen molar-refractivity contribution in [2.75, 3.05) is 0 Å². The number of rotatable bonds is 0. The monoisotopic (exact) mass is 267 g/mol. The Morgan fingerprint density at radius 1 is 0.762 bits per heavy atom. The molecule has 0 bridgehead atoms. The Balaban J connectivity index is 1.98. The van der Waals surface area contributed by atoms with Crippen molar-refractivity contribution in [1.29, 1.82) is 0 Å². The Morgan fingerprint density at radius 2 is 1.62 bits per heavy atom. The van der Waals surface area contributed by atoms with Crippen LogP contribution in [0.1, 0.15) is 11.1 Å². The van der Waals surface area contributed by atoms with Crippen LogP contribution in [0, 0.1) is 0 Å². The van der Waals surface area contributed by atoms with Crippen molar-refractivity contribution in [2.24, 2.45) is 0 Å². The lowest BCUT2D eigenvalue weighted by atomic mass is 9.83. The van der Waals surface area contributed by atoms with Crippen LogP contribution < -0.4 is 0 Å². The third kappa shape index (κ3) is 1.43. The van der Waals surface area contributed by atoms with Gasteiger partial charge in [0.15, 0.2) is 0 Å². The molecule has 0 amide bonds. The van der Waals surface area contributed by atoms with Crippen LogP contribution in [0.15, 0.2) is 66.9 Å². The summed E-state index contributed by atoms with van der Waals surface area (Å²) in [5.41, 5.74) is 6.53. The van der Waals surface area contributed by atoms with E-state index >= 15 is 0 Å². The third-order valence-corrected chi connectivity index (χ3v) is 4.54. The molecule has 5 rings (SSSR count). The normalized spacial score (nSPS) is 12.6. The minimum Gasteiger partial charge on any atom is -0.256 e. The van der Waals surface area contributed by atoms with Crippen molar-refractivity contribution in [2.45, 2.75) is 6.42 Å². The zero-order chi connectivity index (χ0) is 13.8. The van der Waals surface area contributed by atoms with E-state index in [1.165, 1.54) is 38.4 Å². The lowest BCUT2D eigenvalue weighted by Crippen LogP contribution is -2.02. The maximum atomic E-state index is 4.65.